The van der Waals surface area contributed by atoms with E-state index in [2.05, 4.69) is 0 Å². The van der Waals surface area contributed by atoms with E-state index in [-0.39, 0.29) is 0 Å². The monoisotopic (exact) mass is 247 g/mol. The first-order valence-corrected chi connectivity index (χ1v) is 5.80. The van der Waals surface area contributed by atoms with Gasteiger partial charge in [0.2, 0.25) is 0 Å². The van der Waals surface area contributed by atoms with Crippen molar-refractivity contribution in [1.29, 1.82) is 0 Å². The topological polar surface area (TPSA) is 51.5 Å². The highest BCUT2D eigenvalue weighted by molar-refractivity contribution is 5.82. The van der Waals surface area contributed by atoms with Crippen LogP contribution in [-0.2, 0) is 11.3 Å². The number of nitrogens with zero attached hydrogens (tertiary/aromatic N) is 1. The summed E-state index contributed by atoms with van der Waals surface area (Å²) in [6.07, 6.45) is 1.91. The minimum atomic E-state index is -0.794. The third kappa shape index (κ3) is 2.18. The predicted molar refractivity (Wildman–Crippen MR) is 69.9 cm³/mol. The van der Waals surface area contributed by atoms with E-state index in [4.69, 9.17) is 9.84 Å². The van der Waals surface area contributed by atoms with Gasteiger partial charge in [0.1, 0.15) is 5.75 Å². The van der Waals surface area contributed by atoms with E-state index in [1.54, 1.807) is 21.0 Å². The number of carbonyl (C=O) groups is 1. The Labute approximate surface area is 106 Å². The van der Waals surface area contributed by atoms with E-state index in [0.29, 0.717) is 6.54 Å². The first kappa shape index (κ1) is 12.5. The molecular weight excluding hydrogens is 230 g/mol. The maximum Gasteiger partial charge on any atom is 0.310 e. The summed E-state index contributed by atoms with van der Waals surface area (Å²) in [7, 11) is 1.63. The van der Waals surface area contributed by atoms with Crippen LogP contribution in [0.3, 0.4) is 0 Å². The van der Waals surface area contributed by atoms with Gasteiger partial charge in [-0.25, -0.2) is 0 Å². The fourth-order valence-corrected chi connectivity index (χ4v) is 1.94. The molecule has 0 saturated carbocycles. The summed E-state index contributed by atoms with van der Waals surface area (Å²) in [5.41, 5.74) is 0.233. The molecule has 0 aliphatic heterocycles. The number of aliphatic carboxylic acids is 1. The Morgan fingerprint density at radius 3 is 2.72 bits per heavy atom. The van der Waals surface area contributed by atoms with Crippen molar-refractivity contribution in [1.82, 2.24) is 4.57 Å². The zero-order chi connectivity index (χ0) is 13.3. The maximum absolute atomic E-state index is 11.2. The Kier molecular flexibility index (Phi) is 3.03. The molecule has 1 heterocycles. The lowest BCUT2D eigenvalue weighted by atomic mass is 9.94. The van der Waals surface area contributed by atoms with Crippen LogP contribution in [0.15, 0.2) is 30.5 Å². The summed E-state index contributed by atoms with van der Waals surface area (Å²) in [6, 6.07) is 7.74. The van der Waals surface area contributed by atoms with Gasteiger partial charge in [0.15, 0.2) is 0 Å². The second kappa shape index (κ2) is 4.37. The molecule has 0 radical (unpaired) electrons. The fraction of sp³-hybridized carbons (Fsp3) is 0.357. The van der Waals surface area contributed by atoms with Crippen LogP contribution in [0.2, 0.25) is 0 Å². The lowest BCUT2D eigenvalue weighted by Crippen LogP contribution is -2.28. The van der Waals surface area contributed by atoms with E-state index < -0.39 is 11.4 Å². The molecule has 1 N–H and O–H groups in total. The molecule has 0 aliphatic carbocycles. The van der Waals surface area contributed by atoms with Crippen molar-refractivity contribution >= 4 is 16.9 Å². The second-order valence-corrected chi connectivity index (χ2v) is 5.06. The molecule has 1 aromatic heterocycles. The van der Waals surface area contributed by atoms with Crippen LogP contribution >= 0.6 is 0 Å². The highest BCUT2D eigenvalue weighted by Gasteiger charge is 2.27. The van der Waals surface area contributed by atoms with E-state index in [9.17, 15) is 4.79 Å². The van der Waals surface area contributed by atoms with Gasteiger partial charge in [-0.05, 0) is 38.1 Å². The minimum Gasteiger partial charge on any atom is -0.497 e. The molecule has 1 aromatic carbocycles. The molecule has 4 nitrogen and oxygen atoms in total. The molecule has 0 unspecified atom stereocenters. The zero-order valence-electron chi connectivity index (χ0n) is 10.8. The van der Waals surface area contributed by atoms with E-state index in [1.165, 1.54) is 0 Å². The number of ether oxygens (including phenoxy) is 1. The zero-order valence-corrected chi connectivity index (χ0v) is 10.8. The molecule has 96 valence electrons. The Morgan fingerprint density at radius 2 is 2.11 bits per heavy atom. The number of benzene rings is 1. The van der Waals surface area contributed by atoms with Crippen LogP contribution in [0.5, 0.6) is 5.75 Å². The van der Waals surface area contributed by atoms with E-state index in [1.807, 2.05) is 35.0 Å². The standard InChI is InChI=1S/C14H17NO3/c1-14(2,13(16)17)9-15-7-6-10-8-11(18-3)4-5-12(10)15/h4-8H,9H2,1-3H3,(H,16,17). The minimum absolute atomic E-state index is 0.443. The van der Waals surface area contributed by atoms with Crippen molar-refractivity contribution < 1.29 is 14.6 Å². The Bertz CT molecular complexity index is 584. The van der Waals surface area contributed by atoms with Gasteiger partial charge >= 0.3 is 5.97 Å². The molecule has 0 amide bonds. The third-order valence-corrected chi connectivity index (χ3v) is 3.12. The van der Waals surface area contributed by atoms with Crippen LogP contribution in [-0.4, -0.2) is 22.8 Å². The highest BCUT2D eigenvalue weighted by atomic mass is 16.5. The first-order chi connectivity index (χ1) is 8.44. The molecule has 0 bridgehead atoms. The van der Waals surface area contributed by atoms with Gasteiger partial charge in [0, 0.05) is 23.6 Å². The van der Waals surface area contributed by atoms with Gasteiger partial charge in [0.05, 0.1) is 12.5 Å². The lowest BCUT2D eigenvalue weighted by molar-refractivity contribution is -0.147. The average molecular weight is 247 g/mol. The quantitative estimate of drug-likeness (QED) is 0.903. The van der Waals surface area contributed by atoms with Crippen LogP contribution in [0.25, 0.3) is 10.9 Å². The van der Waals surface area contributed by atoms with Crippen LogP contribution in [0, 0.1) is 5.41 Å². The number of hydrogen-bond acceptors (Lipinski definition) is 2. The van der Waals surface area contributed by atoms with Crippen molar-refractivity contribution in [2.75, 3.05) is 7.11 Å². The molecule has 0 atom stereocenters. The Balaban J connectivity index is 2.38. The Morgan fingerprint density at radius 1 is 1.39 bits per heavy atom. The van der Waals surface area contributed by atoms with Gasteiger partial charge in [0.25, 0.3) is 0 Å². The summed E-state index contributed by atoms with van der Waals surface area (Å²) in [5, 5.41) is 10.2. The third-order valence-electron chi connectivity index (χ3n) is 3.12. The normalized spacial score (nSPS) is 11.7. The highest BCUT2D eigenvalue weighted by Crippen LogP contribution is 2.25. The number of carboxylic acids is 1. The first-order valence-electron chi connectivity index (χ1n) is 5.80. The van der Waals surface area contributed by atoms with Crippen molar-refractivity contribution in [3.8, 4) is 5.75 Å². The number of fused-ring (bicyclic) bond motifs is 1. The van der Waals surface area contributed by atoms with Gasteiger partial charge in [-0.15, -0.1) is 0 Å². The van der Waals surface area contributed by atoms with Gasteiger partial charge < -0.3 is 14.4 Å². The molecule has 0 saturated heterocycles. The molecular formula is C14H17NO3. The van der Waals surface area contributed by atoms with Crippen LogP contribution < -0.4 is 4.74 Å². The molecule has 0 spiro atoms. The number of hydrogen-bond donors (Lipinski definition) is 1. The summed E-state index contributed by atoms with van der Waals surface area (Å²) in [4.78, 5) is 11.2. The van der Waals surface area contributed by atoms with Crippen molar-refractivity contribution in [3.63, 3.8) is 0 Å². The van der Waals surface area contributed by atoms with Crippen LogP contribution in [0.4, 0.5) is 0 Å². The lowest BCUT2D eigenvalue weighted by Gasteiger charge is -2.20. The molecule has 18 heavy (non-hydrogen) atoms. The SMILES string of the molecule is COc1ccc2c(ccn2CC(C)(C)C(=O)O)c1. The predicted octanol–water partition coefficient (Wildman–Crippen LogP) is 2.76. The van der Waals surface area contributed by atoms with E-state index in [0.717, 1.165) is 16.7 Å². The number of aromatic nitrogens is 1. The summed E-state index contributed by atoms with van der Waals surface area (Å²) < 4.78 is 7.13. The molecule has 4 heteroatoms. The number of carboxylic acid groups (broad SMARTS) is 1. The summed E-state index contributed by atoms with van der Waals surface area (Å²) >= 11 is 0. The average Bonchev–Trinajstić information content (AvgIpc) is 2.71. The van der Waals surface area contributed by atoms with Crippen LogP contribution in [0.1, 0.15) is 13.8 Å². The van der Waals surface area contributed by atoms with Crippen molar-refractivity contribution in [2.24, 2.45) is 5.41 Å². The molecule has 2 aromatic rings. The molecule has 0 fully saturated rings. The maximum atomic E-state index is 11.2. The smallest absolute Gasteiger partial charge is 0.310 e. The summed E-state index contributed by atoms with van der Waals surface area (Å²) in [6.45, 7) is 3.90. The van der Waals surface area contributed by atoms with Crippen molar-refractivity contribution in [3.05, 3.63) is 30.5 Å². The molecule has 0 aliphatic rings. The summed E-state index contributed by atoms with van der Waals surface area (Å²) in [5.74, 6) is 0.00982. The second-order valence-electron chi connectivity index (χ2n) is 5.06. The number of methoxy groups -OCH3 is 1. The van der Waals surface area contributed by atoms with E-state index >= 15 is 0 Å². The van der Waals surface area contributed by atoms with Gasteiger partial charge in [-0.3, -0.25) is 4.79 Å². The number of rotatable bonds is 4. The fourth-order valence-electron chi connectivity index (χ4n) is 1.94. The largest absolute Gasteiger partial charge is 0.497 e. The van der Waals surface area contributed by atoms with Crippen molar-refractivity contribution in [2.45, 2.75) is 20.4 Å². The van der Waals surface area contributed by atoms with Gasteiger partial charge in [-0.1, -0.05) is 0 Å². The molecule has 2 rings (SSSR count). The van der Waals surface area contributed by atoms with Gasteiger partial charge in [-0.2, -0.15) is 0 Å². The Hall–Kier alpha value is -1.97.